The summed E-state index contributed by atoms with van der Waals surface area (Å²) in [5.41, 5.74) is 3.15. The summed E-state index contributed by atoms with van der Waals surface area (Å²) in [7, 11) is 1.79. The molecule has 0 saturated heterocycles. The molecule has 0 spiro atoms. The van der Waals surface area contributed by atoms with Gasteiger partial charge >= 0.3 is 0 Å². The zero-order valence-electron chi connectivity index (χ0n) is 12.3. The average molecular weight is 325 g/mol. The minimum atomic E-state index is -0.610. The number of hydrogen-bond acceptors (Lipinski definition) is 3. The summed E-state index contributed by atoms with van der Waals surface area (Å²) in [5, 5.41) is 3.56. The van der Waals surface area contributed by atoms with Crippen LogP contribution < -0.4 is 10.2 Å². The molecule has 1 unspecified atom stereocenters. The largest absolute Gasteiger partial charge is 0.388 e. The van der Waals surface area contributed by atoms with E-state index in [0.717, 1.165) is 11.3 Å². The molecule has 4 nitrogen and oxygen atoms in total. The number of Topliss-reactive ketones (excluding diaryl/α,β-unsaturated/α-hetero) is 1. The van der Waals surface area contributed by atoms with Gasteiger partial charge in [-0.3, -0.25) is 14.5 Å². The Labute approximate surface area is 138 Å². The monoisotopic (exact) mass is 324 g/mol. The van der Waals surface area contributed by atoms with E-state index in [-0.39, 0.29) is 11.7 Å². The van der Waals surface area contributed by atoms with Gasteiger partial charge in [-0.15, -0.1) is 0 Å². The van der Waals surface area contributed by atoms with Crippen molar-refractivity contribution in [2.45, 2.75) is 6.04 Å². The Hall–Kier alpha value is -2.59. The summed E-state index contributed by atoms with van der Waals surface area (Å²) in [6.45, 7) is 0. The van der Waals surface area contributed by atoms with E-state index < -0.39 is 6.04 Å². The van der Waals surface area contributed by atoms with Gasteiger partial charge in [-0.2, -0.15) is 0 Å². The lowest BCUT2D eigenvalue weighted by Crippen LogP contribution is -2.50. The van der Waals surface area contributed by atoms with Crippen molar-refractivity contribution >= 4 is 40.7 Å². The zero-order chi connectivity index (χ0) is 16.1. The van der Waals surface area contributed by atoms with Gasteiger partial charge in [0.25, 0.3) is 5.91 Å². The van der Waals surface area contributed by atoms with E-state index >= 15 is 0 Å². The summed E-state index contributed by atoms with van der Waals surface area (Å²) in [6.07, 6.45) is 3.67. The van der Waals surface area contributed by atoms with Crippen LogP contribution in [-0.2, 0) is 0 Å². The Morgan fingerprint density at radius 2 is 2.00 bits per heavy atom. The predicted octanol–water partition coefficient (Wildman–Crippen LogP) is 3.62. The van der Waals surface area contributed by atoms with Crippen molar-refractivity contribution in [3.05, 3.63) is 64.2 Å². The van der Waals surface area contributed by atoms with Crippen LogP contribution in [0.5, 0.6) is 0 Å². The first kappa shape index (κ1) is 14.0. The van der Waals surface area contributed by atoms with E-state index in [1.54, 1.807) is 43.5 Å². The highest BCUT2D eigenvalue weighted by atomic mass is 35.5. The Morgan fingerprint density at radius 1 is 1.17 bits per heavy atom. The van der Waals surface area contributed by atoms with Crippen LogP contribution in [0.4, 0.5) is 11.4 Å². The zero-order valence-corrected chi connectivity index (χ0v) is 13.1. The minimum absolute atomic E-state index is 0.0558. The number of fused-ring (bicyclic) bond motifs is 1. The highest BCUT2D eigenvalue weighted by Crippen LogP contribution is 2.37. The van der Waals surface area contributed by atoms with Gasteiger partial charge in [0.05, 0.1) is 5.56 Å². The summed E-state index contributed by atoms with van der Waals surface area (Å²) >= 11 is 6.05. The van der Waals surface area contributed by atoms with Gasteiger partial charge in [0.2, 0.25) is 0 Å². The van der Waals surface area contributed by atoms with Crippen LogP contribution >= 0.6 is 11.6 Å². The van der Waals surface area contributed by atoms with Gasteiger partial charge in [0.15, 0.2) is 5.78 Å². The van der Waals surface area contributed by atoms with Gasteiger partial charge in [-0.05, 0) is 35.9 Å². The van der Waals surface area contributed by atoms with E-state index in [1.165, 1.54) is 4.90 Å². The third kappa shape index (κ3) is 1.99. The van der Waals surface area contributed by atoms with Crippen LogP contribution in [0.2, 0.25) is 5.02 Å². The van der Waals surface area contributed by atoms with Crippen LogP contribution in [0.3, 0.4) is 0 Å². The normalized spacial score (nSPS) is 18.3. The van der Waals surface area contributed by atoms with E-state index in [1.807, 2.05) is 12.1 Å². The number of anilines is 2. The van der Waals surface area contributed by atoms with Gasteiger partial charge in [-0.25, -0.2) is 0 Å². The van der Waals surface area contributed by atoms with Crippen LogP contribution in [0, 0.1) is 0 Å². The van der Waals surface area contributed by atoms with E-state index in [2.05, 4.69) is 5.32 Å². The smallest absolute Gasteiger partial charge is 0.260 e. The number of nitrogens with one attached hydrogen (secondary N) is 1. The fourth-order valence-electron chi connectivity index (χ4n) is 3.18. The Morgan fingerprint density at radius 3 is 2.74 bits per heavy atom. The van der Waals surface area contributed by atoms with Crippen molar-refractivity contribution in [2.75, 3.05) is 17.3 Å². The number of halogens is 1. The first-order valence-corrected chi connectivity index (χ1v) is 7.65. The SMILES string of the molecule is CNc1cc2c3c(c1)C(=O)N(c1cccc(Cl)c1)C(C=C2)C3=O. The van der Waals surface area contributed by atoms with Gasteiger partial charge in [0.1, 0.15) is 6.04 Å². The second-order valence-electron chi connectivity index (χ2n) is 5.56. The maximum absolute atomic E-state index is 13.0. The fraction of sp³-hybridized carbons (Fsp3) is 0.111. The molecule has 1 atom stereocenters. The molecular weight excluding hydrogens is 312 g/mol. The number of amides is 1. The number of nitrogens with zero attached hydrogens (tertiary/aromatic N) is 1. The van der Waals surface area contributed by atoms with Crippen molar-refractivity contribution in [2.24, 2.45) is 0 Å². The number of carbonyl (C=O) groups excluding carboxylic acids is 2. The molecule has 5 heteroatoms. The maximum Gasteiger partial charge on any atom is 0.260 e. The number of rotatable bonds is 2. The number of hydrogen-bond donors (Lipinski definition) is 1. The lowest BCUT2D eigenvalue weighted by atomic mass is 9.83. The Kier molecular flexibility index (Phi) is 3.03. The van der Waals surface area contributed by atoms with E-state index in [0.29, 0.717) is 21.8 Å². The number of carbonyl (C=O) groups is 2. The minimum Gasteiger partial charge on any atom is -0.388 e. The van der Waals surface area contributed by atoms with Crippen LogP contribution in [0.1, 0.15) is 26.3 Å². The molecule has 1 amide bonds. The second-order valence-corrected chi connectivity index (χ2v) is 6.00. The molecule has 2 aromatic rings. The molecule has 0 fully saturated rings. The van der Waals surface area contributed by atoms with Gasteiger partial charge in [0, 0.05) is 29.0 Å². The topological polar surface area (TPSA) is 49.4 Å². The predicted molar refractivity (Wildman–Crippen MR) is 91.4 cm³/mol. The lowest BCUT2D eigenvalue weighted by molar-refractivity contribution is 0.0885. The van der Waals surface area contributed by atoms with Crippen molar-refractivity contribution in [3.8, 4) is 0 Å². The standard InChI is InChI=1S/C18H13ClN2O2/c1-20-12-7-10-5-6-15-17(22)16(10)14(9-12)18(23)21(15)13-4-2-3-11(19)8-13/h2-9,15,20H,1H3. The third-order valence-electron chi connectivity index (χ3n) is 4.24. The van der Waals surface area contributed by atoms with E-state index in [9.17, 15) is 9.59 Å². The summed E-state index contributed by atoms with van der Waals surface area (Å²) < 4.78 is 0. The molecule has 1 aliphatic carbocycles. The fourth-order valence-corrected chi connectivity index (χ4v) is 3.36. The molecule has 1 heterocycles. The van der Waals surface area contributed by atoms with Gasteiger partial charge in [-0.1, -0.05) is 29.8 Å². The molecule has 0 radical (unpaired) electrons. The quantitative estimate of drug-likeness (QED) is 0.918. The average Bonchev–Trinajstić information content (AvgIpc) is 2.55. The van der Waals surface area contributed by atoms with Crippen molar-refractivity contribution in [1.82, 2.24) is 0 Å². The maximum atomic E-state index is 13.0. The lowest BCUT2D eigenvalue weighted by Gasteiger charge is -2.37. The van der Waals surface area contributed by atoms with Crippen molar-refractivity contribution in [3.63, 3.8) is 0 Å². The molecule has 1 aliphatic heterocycles. The molecule has 2 aromatic carbocycles. The van der Waals surface area contributed by atoms with Crippen molar-refractivity contribution < 1.29 is 9.59 Å². The molecule has 2 aliphatic rings. The highest BCUT2D eigenvalue weighted by Gasteiger charge is 2.41. The molecule has 1 N–H and O–H groups in total. The summed E-state index contributed by atoms with van der Waals surface area (Å²) in [6, 6.07) is 9.99. The van der Waals surface area contributed by atoms with Crippen LogP contribution in [-0.4, -0.2) is 24.8 Å². The van der Waals surface area contributed by atoms with E-state index in [4.69, 9.17) is 11.6 Å². The first-order chi connectivity index (χ1) is 11.1. The number of ketones is 1. The van der Waals surface area contributed by atoms with Crippen LogP contribution in [0.25, 0.3) is 6.08 Å². The molecule has 0 saturated carbocycles. The van der Waals surface area contributed by atoms with Gasteiger partial charge < -0.3 is 5.32 Å². The second kappa shape index (κ2) is 4.96. The van der Waals surface area contributed by atoms with Crippen LogP contribution in [0.15, 0.2) is 42.5 Å². The van der Waals surface area contributed by atoms with Crippen molar-refractivity contribution in [1.29, 1.82) is 0 Å². The summed E-state index contributed by atoms with van der Waals surface area (Å²) in [4.78, 5) is 27.3. The molecule has 0 aromatic heterocycles. The molecule has 23 heavy (non-hydrogen) atoms. The number of benzene rings is 2. The molecule has 4 rings (SSSR count). The molecule has 114 valence electrons. The Balaban J connectivity index is 1.95. The Bertz CT molecular complexity index is 889. The third-order valence-corrected chi connectivity index (χ3v) is 4.48. The first-order valence-electron chi connectivity index (χ1n) is 7.27. The molecule has 2 bridgehead atoms. The molecular formula is C18H13ClN2O2. The highest BCUT2D eigenvalue weighted by molar-refractivity contribution is 6.31. The summed E-state index contributed by atoms with van der Waals surface area (Å²) in [5.74, 6) is -0.241.